The van der Waals surface area contributed by atoms with E-state index in [1.165, 1.54) is 12.8 Å². The minimum Gasteiger partial charge on any atom is -0.390 e. The third-order valence-electron chi connectivity index (χ3n) is 3.08. The summed E-state index contributed by atoms with van der Waals surface area (Å²) >= 11 is 0. The van der Waals surface area contributed by atoms with Gasteiger partial charge in [0.1, 0.15) is 0 Å². The smallest absolute Gasteiger partial charge is 0.0878 e. The van der Waals surface area contributed by atoms with E-state index >= 15 is 0 Å². The summed E-state index contributed by atoms with van der Waals surface area (Å²) in [6, 6.07) is 1.88. The minimum atomic E-state index is 0.0488. The molecule has 2 rings (SSSR count). The van der Waals surface area contributed by atoms with Crippen LogP contribution in [0.3, 0.4) is 0 Å². The van der Waals surface area contributed by atoms with Crippen LogP contribution in [0.25, 0.3) is 0 Å². The Hall–Kier alpha value is -0.830. The van der Waals surface area contributed by atoms with Gasteiger partial charge in [0.05, 0.1) is 12.3 Å². The summed E-state index contributed by atoms with van der Waals surface area (Å²) in [5.41, 5.74) is 0.770. The zero-order chi connectivity index (χ0) is 9.26. The van der Waals surface area contributed by atoms with Crippen molar-refractivity contribution in [2.45, 2.75) is 32.9 Å². The molecule has 0 aromatic carbocycles. The molecule has 2 atom stereocenters. The summed E-state index contributed by atoms with van der Waals surface area (Å²) < 4.78 is 1.95. The van der Waals surface area contributed by atoms with E-state index in [0.717, 1.165) is 24.1 Å². The van der Waals surface area contributed by atoms with E-state index in [4.69, 9.17) is 5.11 Å². The summed E-state index contributed by atoms with van der Waals surface area (Å²) in [4.78, 5) is 0. The maximum Gasteiger partial charge on any atom is 0.0878 e. The fourth-order valence-corrected chi connectivity index (χ4v) is 1.84. The van der Waals surface area contributed by atoms with Crippen LogP contribution < -0.4 is 0 Å². The van der Waals surface area contributed by atoms with Gasteiger partial charge in [-0.25, -0.2) is 0 Å². The Morgan fingerprint density at radius 2 is 2.46 bits per heavy atom. The summed E-state index contributed by atoms with van der Waals surface area (Å²) in [6.07, 6.45) is 4.64. The van der Waals surface area contributed by atoms with Crippen LogP contribution >= 0.6 is 0 Å². The van der Waals surface area contributed by atoms with Gasteiger partial charge in [-0.3, -0.25) is 4.68 Å². The number of hydrogen-bond donors (Lipinski definition) is 1. The van der Waals surface area contributed by atoms with Crippen molar-refractivity contribution in [3.63, 3.8) is 0 Å². The van der Waals surface area contributed by atoms with Crippen molar-refractivity contribution < 1.29 is 5.11 Å². The lowest BCUT2D eigenvalue weighted by Gasteiger charge is -2.33. The normalized spacial score (nSPS) is 27.2. The van der Waals surface area contributed by atoms with Crippen molar-refractivity contribution in [1.82, 2.24) is 9.78 Å². The third-order valence-corrected chi connectivity index (χ3v) is 3.08. The maximum absolute atomic E-state index is 8.83. The first-order valence-electron chi connectivity index (χ1n) is 4.93. The second-order valence-corrected chi connectivity index (χ2v) is 4.00. The number of nitrogens with zero attached hydrogens (tertiary/aromatic N) is 2. The monoisotopic (exact) mass is 180 g/mol. The Kier molecular flexibility index (Phi) is 2.36. The molecule has 0 unspecified atom stereocenters. The molecule has 1 fully saturated rings. The maximum atomic E-state index is 8.83. The quantitative estimate of drug-likeness (QED) is 0.764. The molecule has 1 N–H and O–H groups in total. The van der Waals surface area contributed by atoms with Crippen LogP contribution in [-0.4, -0.2) is 14.9 Å². The van der Waals surface area contributed by atoms with E-state index in [-0.39, 0.29) is 6.61 Å². The molecule has 72 valence electrons. The summed E-state index contributed by atoms with van der Waals surface area (Å²) in [5.74, 6) is 1.65. The fraction of sp³-hybridized carbons (Fsp3) is 0.700. The zero-order valence-electron chi connectivity index (χ0n) is 7.98. The number of aromatic nitrogens is 2. The third kappa shape index (κ3) is 1.75. The predicted molar refractivity (Wildman–Crippen MR) is 50.0 cm³/mol. The van der Waals surface area contributed by atoms with Gasteiger partial charge in [0.25, 0.3) is 0 Å². The predicted octanol–water partition coefficient (Wildman–Crippen LogP) is 1.42. The molecule has 0 bridgehead atoms. The summed E-state index contributed by atoms with van der Waals surface area (Å²) in [6.45, 7) is 3.36. The fourth-order valence-electron chi connectivity index (χ4n) is 1.84. The number of aliphatic hydroxyl groups is 1. The first-order valence-corrected chi connectivity index (χ1v) is 4.93. The van der Waals surface area contributed by atoms with E-state index < -0.39 is 0 Å². The molecule has 1 aromatic rings. The molecule has 1 aromatic heterocycles. The summed E-state index contributed by atoms with van der Waals surface area (Å²) in [5, 5.41) is 13.1. The number of hydrogen-bond acceptors (Lipinski definition) is 2. The minimum absolute atomic E-state index is 0.0488. The van der Waals surface area contributed by atoms with Crippen LogP contribution in [-0.2, 0) is 13.2 Å². The largest absolute Gasteiger partial charge is 0.390 e. The van der Waals surface area contributed by atoms with Crippen molar-refractivity contribution >= 4 is 0 Å². The SMILES string of the molecule is C[C@H]1CC[C@H]1Cn1ccc(CO)n1. The lowest BCUT2D eigenvalue weighted by Crippen LogP contribution is -2.27. The molecule has 1 aliphatic rings. The average molecular weight is 180 g/mol. The Bertz CT molecular complexity index is 282. The lowest BCUT2D eigenvalue weighted by molar-refractivity contribution is 0.164. The van der Waals surface area contributed by atoms with Gasteiger partial charge < -0.3 is 5.11 Å². The molecule has 0 spiro atoms. The average Bonchev–Trinajstić information content (AvgIpc) is 2.59. The molecule has 13 heavy (non-hydrogen) atoms. The molecule has 0 amide bonds. The van der Waals surface area contributed by atoms with Gasteiger partial charge in [0.2, 0.25) is 0 Å². The first kappa shape index (κ1) is 8.75. The van der Waals surface area contributed by atoms with Crippen molar-refractivity contribution in [2.75, 3.05) is 0 Å². The van der Waals surface area contributed by atoms with Gasteiger partial charge in [-0.1, -0.05) is 13.3 Å². The summed E-state index contributed by atoms with van der Waals surface area (Å²) in [7, 11) is 0. The topological polar surface area (TPSA) is 38.0 Å². The second-order valence-electron chi connectivity index (χ2n) is 4.00. The van der Waals surface area contributed by atoms with Gasteiger partial charge in [0, 0.05) is 12.7 Å². The Morgan fingerprint density at radius 3 is 2.92 bits per heavy atom. The molecule has 1 saturated carbocycles. The van der Waals surface area contributed by atoms with Gasteiger partial charge >= 0.3 is 0 Å². The molecule has 3 heteroatoms. The van der Waals surface area contributed by atoms with Crippen molar-refractivity contribution in [2.24, 2.45) is 11.8 Å². The molecule has 0 saturated heterocycles. The van der Waals surface area contributed by atoms with Crippen LogP contribution in [0.2, 0.25) is 0 Å². The molecule has 3 nitrogen and oxygen atoms in total. The van der Waals surface area contributed by atoms with Crippen LogP contribution in [0.5, 0.6) is 0 Å². The first-order chi connectivity index (χ1) is 6.29. The highest BCUT2D eigenvalue weighted by Crippen LogP contribution is 2.34. The highest BCUT2D eigenvalue weighted by molar-refractivity contribution is 4.97. The Balaban J connectivity index is 1.93. The van der Waals surface area contributed by atoms with Crippen molar-refractivity contribution in [3.8, 4) is 0 Å². The van der Waals surface area contributed by atoms with E-state index in [1.807, 2.05) is 16.9 Å². The van der Waals surface area contributed by atoms with Crippen LogP contribution in [0.1, 0.15) is 25.5 Å². The molecule has 1 heterocycles. The lowest BCUT2D eigenvalue weighted by atomic mass is 9.75. The zero-order valence-corrected chi connectivity index (χ0v) is 7.98. The van der Waals surface area contributed by atoms with Crippen LogP contribution in [0.15, 0.2) is 12.3 Å². The molecule has 0 radical (unpaired) electrons. The van der Waals surface area contributed by atoms with Crippen molar-refractivity contribution in [1.29, 1.82) is 0 Å². The second kappa shape index (κ2) is 3.50. The highest BCUT2D eigenvalue weighted by Gasteiger charge is 2.26. The number of aliphatic hydroxyl groups excluding tert-OH is 1. The standard InChI is InChI=1S/C10H16N2O/c1-8-2-3-9(8)6-12-5-4-10(7-13)11-12/h4-5,8-9,13H,2-3,6-7H2,1H3/t8-,9-/m0/s1. The van der Waals surface area contributed by atoms with Gasteiger partial charge in [-0.05, 0) is 24.3 Å². The van der Waals surface area contributed by atoms with Crippen LogP contribution in [0, 0.1) is 11.8 Å². The Labute approximate surface area is 78.4 Å². The molecule has 0 aliphatic heterocycles. The number of rotatable bonds is 3. The molecule has 1 aliphatic carbocycles. The van der Waals surface area contributed by atoms with Gasteiger partial charge in [0.15, 0.2) is 0 Å². The highest BCUT2D eigenvalue weighted by atomic mass is 16.3. The van der Waals surface area contributed by atoms with Gasteiger partial charge in [-0.15, -0.1) is 0 Å². The van der Waals surface area contributed by atoms with E-state index in [1.54, 1.807) is 0 Å². The van der Waals surface area contributed by atoms with E-state index in [0.29, 0.717) is 0 Å². The van der Waals surface area contributed by atoms with Crippen molar-refractivity contribution in [3.05, 3.63) is 18.0 Å². The molecular weight excluding hydrogens is 164 g/mol. The van der Waals surface area contributed by atoms with Gasteiger partial charge in [-0.2, -0.15) is 5.10 Å². The van der Waals surface area contributed by atoms with Crippen LogP contribution in [0.4, 0.5) is 0 Å². The van der Waals surface area contributed by atoms with E-state index in [9.17, 15) is 0 Å². The van der Waals surface area contributed by atoms with E-state index in [2.05, 4.69) is 12.0 Å². The molecular formula is C10H16N2O. The Morgan fingerprint density at radius 1 is 1.62 bits per heavy atom.